The van der Waals surface area contributed by atoms with Crippen LogP contribution < -0.4 is 10.2 Å². The Morgan fingerprint density at radius 2 is 1.94 bits per heavy atom. The van der Waals surface area contributed by atoms with Gasteiger partial charge >= 0.3 is 6.18 Å². The quantitative estimate of drug-likeness (QED) is 0.628. The normalized spacial score (nSPS) is 29.7. The highest BCUT2D eigenvalue weighted by atomic mass is 19.4. The van der Waals surface area contributed by atoms with Crippen LogP contribution in [0.25, 0.3) is 0 Å². The van der Waals surface area contributed by atoms with Crippen molar-refractivity contribution in [3.63, 3.8) is 0 Å². The Bertz CT molecular complexity index is 920. The number of halogens is 3. The number of amides is 1. The molecule has 1 amide bonds. The van der Waals surface area contributed by atoms with Crippen molar-refractivity contribution in [1.82, 2.24) is 15.2 Å². The van der Waals surface area contributed by atoms with E-state index in [4.69, 9.17) is 9.47 Å². The van der Waals surface area contributed by atoms with E-state index in [1.165, 1.54) is 0 Å². The molecular formula is C26H39F3N4O3. The summed E-state index contributed by atoms with van der Waals surface area (Å²) in [5.74, 6) is 0.683. The number of nitrogens with one attached hydrogen (secondary N) is 1. The van der Waals surface area contributed by atoms with Crippen LogP contribution in [0.3, 0.4) is 0 Å². The number of anilines is 1. The topological polar surface area (TPSA) is 66.9 Å². The second kappa shape index (κ2) is 10.8. The van der Waals surface area contributed by atoms with Crippen molar-refractivity contribution >= 4 is 11.7 Å². The molecule has 2 unspecified atom stereocenters. The molecule has 2 aliphatic heterocycles. The highest BCUT2D eigenvalue weighted by Gasteiger charge is 2.50. The van der Waals surface area contributed by atoms with Crippen molar-refractivity contribution in [3.8, 4) is 0 Å². The van der Waals surface area contributed by atoms with Crippen LogP contribution in [0.15, 0.2) is 12.1 Å². The third kappa shape index (κ3) is 5.65. The maximum atomic E-state index is 13.9. The van der Waals surface area contributed by atoms with E-state index < -0.39 is 17.2 Å². The molecule has 2 saturated heterocycles. The lowest BCUT2D eigenvalue weighted by atomic mass is 9.74. The summed E-state index contributed by atoms with van der Waals surface area (Å²) in [6, 6.07) is 2.64. The van der Waals surface area contributed by atoms with Crippen molar-refractivity contribution in [3.05, 3.63) is 23.4 Å². The molecule has 0 radical (unpaired) electrons. The molecule has 36 heavy (non-hydrogen) atoms. The molecule has 4 rings (SSSR count). The van der Waals surface area contributed by atoms with Crippen molar-refractivity contribution in [2.45, 2.75) is 70.8 Å². The number of pyridine rings is 1. The Morgan fingerprint density at radius 1 is 1.22 bits per heavy atom. The number of alkyl halides is 3. The number of rotatable bonds is 6. The fourth-order valence-electron chi connectivity index (χ4n) is 6.05. The number of carbonyl (C=O) groups excluding carboxylic acids is 1. The summed E-state index contributed by atoms with van der Waals surface area (Å²) in [5, 5.41) is 3.75. The summed E-state index contributed by atoms with van der Waals surface area (Å²) in [7, 11) is 1.71. The average molecular weight is 513 g/mol. The predicted molar refractivity (Wildman–Crippen MR) is 131 cm³/mol. The predicted octanol–water partition coefficient (Wildman–Crippen LogP) is 3.65. The lowest BCUT2D eigenvalue weighted by Gasteiger charge is -2.42. The first-order valence-corrected chi connectivity index (χ1v) is 13.0. The Hall–Kier alpha value is -1.91. The molecule has 3 fully saturated rings. The summed E-state index contributed by atoms with van der Waals surface area (Å²) in [6.45, 7) is 9.01. The second-order valence-electron chi connectivity index (χ2n) is 10.8. The molecule has 3 aliphatic rings. The Kier molecular flexibility index (Phi) is 8.16. The van der Waals surface area contributed by atoms with E-state index in [0.29, 0.717) is 50.9 Å². The van der Waals surface area contributed by atoms with Gasteiger partial charge in [-0.1, -0.05) is 13.8 Å². The molecule has 7 nitrogen and oxygen atoms in total. The first-order chi connectivity index (χ1) is 17.0. The van der Waals surface area contributed by atoms with E-state index in [9.17, 15) is 18.0 Å². The Morgan fingerprint density at radius 3 is 2.58 bits per heavy atom. The molecule has 0 spiro atoms. The van der Waals surface area contributed by atoms with E-state index in [0.717, 1.165) is 37.8 Å². The van der Waals surface area contributed by atoms with Gasteiger partial charge in [0.05, 0.1) is 23.7 Å². The molecule has 1 aromatic heterocycles. The van der Waals surface area contributed by atoms with Crippen molar-refractivity contribution in [1.29, 1.82) is 0 Å². The van der Waals surface area contributed by atoms with Gasteiger partial charge in [0.15, 0.2) is 0 Å². The minimum Gasteiger partial charge on any atom is -0.379 e. The van der Waals surface area contributed by atoms with Crippen LogP contribution in [0.1, 0.15) is 50.8 Å². The molecule has 202 valence electrons. The summed E-state index contributed by atoms with van der Waals surface area (Å²) < 4.78 is 51.0. The monoisotopic (exact) mass is 512 g/mol. The summed E-state index contributed by atoms with van der Waals surface area (Å²) in [6.07, 6.45) is -0.953. The van der Waals surface area contributed by atoms with Crippen molar-refractivity contribution in [2.24, 2.45) is 11.3 Å². The SMILES string of the molecule is CO[C@@H]1COCCC1N[C@@H]1CCC(C(=O)N2CCN(c3cc(C(F)(F)F)cc(C)n3)CC2)(C(C)C)C1. The Labute approximate surface area is 211 Å². The fourth-order valence-corrected chi connectivity index (χ4v) is 6.05. The van der Waals surface area contributed by atoms with Crippen LogP contribution >= 0.6 is 0 Å². The number of methoxy groups -OCH3 is 1. The van der Waals surface area contributed by atoms with Gasteiger partial charge in [-0.2, -0.15) is 13.2 Å². The zero-order chi connectivity index (χ0) is 26.1. The van der Waals surface area contributed by atoms with Gasteiger partial charge in [-0.3, -0.25) is 4.79 Å². The second-order valence-corrected chi connectivity index (χ2v) is 10.8. The summed E-state index contributed by atoms with van der Waals surface area (Å²) in [5.41, 5.74) is -0.785. The van der Waals surface area contributed by atoms with Gasteiger partial charge in [0.25, 0.3) is 0 Å². The summed E-state index contributed by atoms with van der Waals surface area (Å²) >= 11 is 0. The molecule has 1 saturated carbocycles. The van der Waals surface area contributed by atoms with E-state index >= 15 is 0 Å². The van der Waals surface area contributed by atoms with Crippen LogP contribution in [0, 0.1) is 18.3 Å². The van der Waals surface area contributed by atoms with Crippen LogP contribution in [-0.4, -0.2) is 80.5 Å². The minimum absolute atomic E-state index is 0.0182. The highest BCUT2D eigenvalue weighted by molar-refractivity contribution is 5.84. The minimum atomic E-state index is -4.41. The van der Waals surface area contributed by atoms with Gasteiger partial charge in [-0.05, 0) is 50.7 Å². The number of aromatic nitrogens is 1. The fraction of sp³-hybridized carbons (Fsp3) is 0.769. The van der Waals surface area contributed by atoms with Crippen LogP contribution in [0.5, 0.6) is 0 Å². The molecule has 1 aliphatic carbocycles. The van der Waals surface area contributed by atoms with Gasteiger partial charge in [0, 0.05) is 57.7 Å². The lowest BCUT2D eigenvalue weighted by molar-refractivity contribution is -0.145. The van der Waals surface area contributed by atoms with Crippen LogP contribution in [0.4, 0.5) is 19.0 Å². The zero-order valence-electron chi connectivity index (χ0n) is 21.7. The summed E-state index contributed by atoms with van der Waals surface area (Å²) in [4.78, 5) is 22.0. The van der Waals surface area contributed by atoms with Crippen molar-refractivity contribution < 1.29 is 27.4 Å². The van der Waals surface area contributed by atoms with E-state index in [2.05, 4.69) is 24.1 Å². The van der Waals surface area contributed by atoms with E-state index in [-0.39, 0.29) is 30.0 Å². The van der Waals surface area contributed by atoms with Crippen LogP contribution in [-0.2, 0) is 20.4 Å². The van der Waals surface area contributed by atoms with Gasteiger partial charge in [-0.15, -0.1) is 0 Å². The molecule has 0 aromatic carbocycles. The van der Waals surface area contributed by atoms with Gasteiger partial charge in [0.1, 0.15) is 5.82 Å². The smallest absolute Gasteiger partial charge is 0.379 e. The number of ether oxygens (including phenoxy) is 2. The average Bonchev–Trinajstić information content (AvgIpc) is 3.28. The molecule has 0 bridgehead atoms. The Balaban J connectivity index is 1.40. The number of carbonyl (C=O) groups is 1. The maximum absolute atomic E-state index is 13.9. The molecular weight excluding hydrogens is 473 g/mol. The third-order valence-corrected chi connectivity index (χ3v) is 8.30. The van der Waals surface area contributed by atoms with E-state index in [1.54, 1.807) is 14.0 Å². The maximum Gasteiger partial charge on any atom is 0.416 e. The molecule has 3 heterocycles. The number of aryl methyl sites for hydroxylation is 1. The molecule has 1 N–H and O–H groups in total. The first-order valence-electron chi connectivity index (χ1n) is 13.0. The molecule has 10 heteroatoms. The molecule has 4 atom stereocenters. The number of nitrogens with zero attached hydrogens (tertiary/aromatic N) is 3. The number of hydrogen-bond donors (Lipinski definition) is 1. The van der Waals surface area contributed by atoms with Gasteiger partial charge in [-0.25, -0.2) is 4.98 Å². The number of hydrogen-bond acceptors (Lipinski definition) is 6. The third-order valence-electron chi connectivity index (χ3n) is 8.30. The molecule has 1 aromatic rings. The first kappa shape index (κ1) is 27.1. The zero-order valence-corrected chi connectivity index (χ0v) is 21.7. The number of piperazine rings is 1. The van der Waals surface area contributed by atoms with Crippen LogP contribution in [0.2, 0.25) is 0 Å². The lowest BCUT2D eigenvalue weighted by Crippen LogP contribution is -2.55. The van der Waals surface area contributed by atoms with E-state index in [1.807, 2.05) is 9.80 Å². The largest absolute Gasteiger partial charge is 0.416 e. The van der Waals surface area contributed by atoms with Gasteiger partial charge < -0.3 is 24.6 Å². The standard InChI is InChI=1S/C26H39F3N4O3/c1-17(2)25(7-5-20(15-25)31-21-6-12-36-16-22(21)35-4)24(34)33-10-8-32(9-11-33)23-14-19(26(27,28)29)13-18(3)30-23/h13-14,17,20-22,31H,5-12,15-16H2,1-4H3/t20-,21?,22-,25?/m1/s1. The highest BCUT2D eigenvalue weighted by Crippen LogP contribution is 2.46. The van der Waals surface area contributed by atoms with Gasteiger partial charge in [0.2, 0.25) is 5.91 Å². The van der Waals surface area contributed by atoms with Crippen molar-refractivity contribution in [2.75, 3.05) is 51.4 Å².